The van der Waals surface area contributed by atoms with Crippen molar-refractivity contribution in [1.82, 2.24) is 9.47 Å². The number of aromatic nitrogens is 1. The van der Waals surface area contributed by atoms with Crippen LogP contribution < -0.4 is 5.32 Å². The number of rotatable bonds is 6. The Kier molecular flexibility index (Phi) is 6.05. The molecule has 2 aromatic rings. The Morgan fingerprint density at radius 1 is 1.23 bits per heavy atom. The van der Waals surface area contributed by atoms with Gasteiger partial charge in [-0.1, -0.05) is 12.1 Å². The zero-order valence-electron chi connectivity index (χ0n) is 17.1. The monoisotopic (exact) mass is 419 g/mol. The molecule has 1 aromatic carbocycles. The van der Waals surface area contributed by atoms with E-state index < -0.39 is 23.6 Å². The van der Waals surface area contributed by atoms with Crippen LogP contribution in [0.4, 0.5) is 18.9 Å². The topological polar surface area (TPSA) is 54.3 Å². The molecule has 0 atom stereocenters. The Bertz CT molecular complexity index is 988. The van der Waals surface area contributed by atoms with Gasteiger partial charge in [-0.25, -0.2) is 0 Å². The highest BCUT2D eigenvalue weighted by molar-refractivity contribution is 5.98. The zero-order chi connectivity index (χ0) is 22.1. The van der Waals surface area contributed by atoms with E-state index >= 15 is 0 Å². The van der Waals surface area contributed by atoms with Crippen LogP contribution in [0.15, 0.2) is 36.4 Å². The summed E-state index contributed by atoms with van der Waals surface area (Å²) in [6, 6.07) is 7.27. The lowest BCUT2D eigenvalue weighted by atomic mass is 10.1. The first kappa shape index (κ1) is 21.7. The number of alkyl halides is 3. The molecule has 0 bridgehead atoms. The molecule has 0 spiro atoms. The van der Waals surface area contributed by atoms with E-state index in [0.29, 0.717) is 6.04 Å². The third-order valence-electron chi connectivity index (χ3n) is 5.10. The van der Waals surface area contributed by atoms with E-state index in [2.05, 4.69) is 9.88 Å². The molecule has 1 heterocycles. The predicted molar refractivity (Wildman–Crippen MR) is 109 cm³/mol. The normalized spacial score (nSPS) is 14.2. The molecule has 3 rings (SSSR count). The highest BCUT2D eigenvalue weighted by Crippen LogP contribution is 2.38. The summed E-state index contributed by atoms with van der Waals surface area (Å²) < 4.78 is 41.4. The molecular formula is C22H24F3N3O2. The van der Waals surface area contributed by atoms with Gasteiger partial charge in [0.1, 0.15) is 0 Å². The number of anilines is 1. The van der Waals surface area contributed by atoms with Crippen molar-refractivity contribution in [3.8, 4) is 0 Å². The van der Waals surface area contributed by atoms with Crippen molar-refractivity contribution in [1.29, 1.82) is 0 Å². The summed E-state index contributed by atoms with van der Waals surface area (Å²) in [5.74, 6) is -1.12. The average molecular weight is 419 g/mol. The van der Waals surface area contributed by atoms with Gasteiger partial charge in [0.2, 0.25) is 11.8 Å². The van der Waals surface area contributed by atoms with Crippen LogP contribution in [0.25, 0.3) is 6.08 Å². The summed E-state index contributed by atoms with van der Waals surface area (Å²) >= 11 is 0. The number of carbonyl (C=O) groups is 2. The molecule has 1 saturated carbocycles. The van der Waals surface area contributed by atoms with Crippen LogP contribution in [0, 0.1) is 13.8 Å². The third-order valence-corrected chi connectivity index (χ3v) is 5.10. The van der Waals surface area contributed by atoms with Crippen molar-refractivity contribution in [3.05, 3.63) is 58.9 Å². The molecule has 1 N–H and O–H groups in total. The Hall–Kier alpha value is -3.03. The van der Waals surface area contributed by atoms with Crippen molar-refractivity contribution in [3.63, 3.8) is 0 Å². The van der Waals surface area contributed by atoms with Crippen LogP contribution in [-0.2, 0) is 15.8 Å². The fourth-order valence-corrected chi connectivity index (χ4v) is 3.48. The smallest absolute Gasteiger partial charge is 0.346 e. The summed E-state index contributed by atoms with van der Waals surface area (Å²) in [4.78, 5) is 25.7. The van der Waals surface area contributed by atoms with Gasteiger partial charge in [-0.2, -0.15) is 13.2 Å². The van der Waals surface area contributed by atoms with Crippen molar-refractivity contribution < 1.29 is 22.8 Å². The van der Waals surface area contributed by atoms with E-state index in [4.69, 9.17) is 0 Å². The van der Waals surface area contributed by atoms with E-state index in [1.54, 1.807) is 6.08 Å². The van der Waals surface area contributed by atoms with Crippen LogP contribution in [0.3, 0.4) is 0 Å². The van der Waals surface area contributed by atoms with Gasteiger partial charge in [-0.3, -0.25) is 9.59 Å². The molecular weight excluding hydrogens is 395 g/mol. The number of para-hydroxylation sites is 1. The fraction of sp³-hybridized carbons (Fsp3) is 0.364. The van der Waals surface area contributed by atoms with Crippen LogP contribution in [0.2, 0.25) is 0 Å². The number of likely N-dealkylation sites (N-methyl/N-ethyl adjacent to an activating group) is 1. The Morgan fingerprint density at radius 2 is 1.90 bits per heavy atom. The maximum atomic E-state index is 13.0. The van der Waals surface area contributed by atoms with Crippen molar-refractivity contribution >= 4 is 23.6 Å². The van der Waals surface area contributed by atoms with E-state index in [0.717, 1.165) is 40.8 Å². The lowest BCUT2D eigenvalue weighted by Gasteiger charge is -2.17. The maximum Gasteiger partial charge on any atom is 0.418 e. The highest BCUT2D eigenvalue weighted by atomic mass is 19.4. The second-order valence-corrected chi connectivity index (χ2v) is 7.55. The lowest BCUT2D eigenvalue weighted by molar-refractivity contribution is -0.137. The third kappa shape index (κ3) is 4.93. The molecule has 1 aliphatic carbocycles. The predicted octanol–water partition coefficient (Wildman–Crippen LogP) is 4.57. The number of benzene rings is 1. The molecule has 2 amide bonds. The molecule has 1 aliphatic rings. The van der Waals surface area contributed by atoms with E-state index in [9.17, 15) is 22.8 Å². The Labute approximate surface area is 173 Å². The number of aryl methyl sites for hydroxylation is 1. The second kappa shape index (κ2) is 8.38. The Morgan fingerprint density at radius 3 is 2.53 bits per heavy atom. The molecule has 5 nitrogen and oxygen atoms in total. The quantitative estimate of drug-likeness (QED) is 0.698. The van der Waals surface area contributed by atoms with Gasteiger partial charge < -0.3 is 14.8 Å². The van der Waals surface area contributed by atoms with Gasteiger partial charge in [0.25, 0.3) is 0 Å². The first-order valence-corrected chi connectivity index (χ1v) is 9.65. The molecule has 0 saturated heterocycles. The molecule has 8 heteroatoms. The summed E-state index contributed by atoms with van der Waals surface area (Å²) in [7, 11) is 1.43. The van der Waals surface area contributed by atoms with Gasteiger partial charge in [0.05, 0.1) is 17.8 Å². The highest BCUT2D eigenvalue weighted by Gasteiger charge is 2.33. The van der Waals surface area contributed by atoms with E-state index in [1.807, 2.05) is 19.9 Å². The maximum absolute atomic E-state index is 13.0. The van der Waals surface area contributed by atoms with Crippen molar-refractivity contribution in [2.75, 3.05) is 18.9 Å². The first-order valence-electron chi connectivity index (χ1n) is 9.65. The summed E-state index contributed by atoms with van der Waals surface area (Å²) in [6.45, 7) is 3.67. The second-order valence-electron chi connectivity index (χ2n) is 7.55. The number of carbonyl (C=O) groups excluding carboxylic acids is 2. The zero-order valence-corrected chi connectivity index (χ0v) is 17.1. The van der Waals surface area contributed by atoms with Crippen molar-refractivity contribution in [2.45, 2.75) is 38.9 Å². The van der Waals surface area contributed by atoms with Gasteiger partial charge in [0, 0.05) is 30.6 Å². The molecule has 0 unspecified atom stereocenters. The fourth-order valence-electron chi connectivity index (χ4n) is 3.48. The molecule has 0 radical (unpaired) electrons. The van der Waals surface area contributed by atoms with Crippen LogP contribution in [-0.4, -0.2) is 34.9 Å². The molecule has 160 valence electrons. The van der Waals surface area contributed by atoms with Gasteiger partial charge in [0.15, 0.2) is 0 Å². The van der Waals surface area contributed by atoms with Gasteiger partial charge >= 0.3 is 6.18 Å². The molecule has 0 aliphatic heterocycles. The lowest BCUT2D eigenvalue weighted by Crippen LogP contribution is -2.34. The van der Waals surface area contributed by atoms with Gasteiger partial charge in [-0.15, -0.1) is 0 Å². The van der Waals surface area contributed by atoms with Gasteiger partial charge in [-0.05, 0) is 56.5 Å². The van der Waals surface area contributed by atoms with Crippen LogP contribution >= 0.6 is 0 Å². The number of nitrogens with zero attached hydrogens (tertiary/aromatic N) is 2. The molecule has 30 heavy (non-hydrogen) atoms. The summed E-state index contributed by atoms with van der Waals surface area (Å²) in [6.07, 6.45) is 0.815. The van der Waals surface area contributed by atoms with Crippen molar-refractivity contribution in [2.24, 2.45) is 0 Å². The summed E-state index contributed by atoms with van der Waals surface area (Å²) in [5.41, 5.74) is 1.89. The number of hydrogen-bond acceptors (Lipinski definition) is 2. The van der Waals surface area contributed by atoms with Crippen LogP contribution in [0.1, 0.15) is 41.4 Å². The number of amides is 2. The largest absolute Gasteiger partial charge is 0.418 e. The average Bonchev–Trinajstić information content (AvgIpc) is 3.44. The minimum atomic E-state index is -4.58. The number of nitrogens with one attached hydrogen (secondary N) is 1. The minimum absolute atomic E-state index is 0.334. The minimum Gasteiger partial charge on any atom is -0.346 e. The summed E-state index contributed by atoms with van der Waals surface area (Å²) in [5, 5.41) is 2.24. The number of halogens is 3. The molecule has 1 fully saturated rings. The SMILES string of the molecule is Cc1cc(/C=C/C(=O)N(C)CC(=O)Nc2ccccc2C(F)(F)F)c(C)n1C1CC1. The molecule has 1 aromatic heterocycles. The van der Waals surface area contributed by atoms with Crippen LogP contribution in [0.5, 0.6) is 0 Å². The Balaban J connectivity index is 1.62. The van der Waals surface area contributed by atoms with E-state index in [1.165, 1.54) is 31.3 Å². The number of hydrogen-bond donors (Lipinski definition) is 1. The first-order chi connectivity index (χ1) is 14.1. The van der Waals surface area contributed by atoms with E-state index in [-0.39, 0.29) is 12.2 Å². The standard InChI is InChI=1S/C22H24F3N3O2/c1-14-12-16(15(2)28(14)17-9-10-17)8-11-21(30)27(3)13-20(29)26-19-7-5-4-6-18(19)22(23,24)25/h4-8,11-12,17H,9-10,13H2,1-3H3,(H,26,29)/b11-8+.